The van der Waals surface area contributed by atoms with Gasteiger partial charge in [-0.05, 0) is 43.5 Å². The van der Waals surface area contributed by atoms with Crippen molar-refractivity contribution in [2.45, 2.75) is 25.7 Å². The molecule has 0 aromatic heterocycles. The van der Waals surface area contributed by atoms with Crippen molar-refractivity contribution in [3.63, 3.8) is 0 Å². The van der Waals surface area contributed by atoms with Gasteiger partial charge in [0.2, 0.25) is 5.91 Å². The lowest BCUT2D eigenvalue weighted by Crippen LogP contribution is -2.44. The fraction of sp³-hybridized carbons (Fsp3) is 0.529. The molecule has 0 radical (unpaired) electrons. The summed E-state index contributed by atoms with van der Waals surface area (Å²) >= 11 is 0. The third-order valence-corrected chi connectivity index (χ3v) is 5.13. The molecule has 1 amide bonds. The van der Waals surface area contributed by atoms with Crippen LogP contribution in [0.1, 0.15) is 36.0 Å². The Balaban J connectivity index is 0.00000208. The molecule has 2 fully saturated rings. The maximum atomic E-state index is 14.0. The quantitative estimate of drug-likeness (QED) is 0.817. The van der Waals surface area contributed by atoms with E-state index in [0.29, 0.717) is 12.5 Å². The van der Waals surface area contributed by atoms with E-state index in [2.05, 4.69) is 15.4 Å². The number of hydrogen-bond donors (Lipinski definition) is 2. The number of benzene rings is 1. The van der Waals surface area contributed by atoms with Crippen molar-refractivity contribution < 1.29 is 18.7 Å². The monoisotopic (exact) mass is 356 g/mol. The van der Waals surface area contributed by atoms with E-state index in [1.165, 1.54) is 25.3 Å². The van der Waals surface area contributed by atoms with Crippen LogP contribution in [0.5, 0.6) is 0 Å². The lowest BCUT2D eigenvalue weighted by molar-refractivity contribution is -0.128. The number of hydrogen-bond acceptors (Lipinski definition) is 4. The minimum Gasteiger partial charge on any atom is -0.465 e. The lowest BCUT2D eigenvalue weighted by atomic mass is 9.67. The Hall–Kier alpha value is -1.66. The van der Waals surface area contributed by atoms with Gasteiger partial charge in [0.25, 0.3) is 0 Å². The van der Waals surface area contributed by atoms with Crippen LogP contribution in [0.4, 0.5) is 10.1 Å². The van der Waals surface area contributed by atoms with Crippen molar-refractivity contribution in [3.05, 3.63) is 29.6 Å². The molecule has 0 spiro atoms. The zero-order valence-corrected chi connectivity index (χ0v) is 14.4. The number of halogens is 2. The first-order valence-corrected chi connectivity index (χ1v) is 7.97. The van der Waals surface area contributed by atoms with E-state index in [1.807, 2.05) is 0 Å². The van der Waals surface area contributed by atoms with Gasteiger partial charge in [0.05, 0.1) is 23.8 Å². The SMILES string of the molecule is COC(=O)c1ccc(F)c(NC(=O)[C@@]23CCCC[C@H]2CNC3)c1.Cl. The molecule has 2 aliphatic rings. The Morgan fingerprint density at radius 1 is 1.38 bits per heavy atom. The Kier molecular flexibility index (Phi) is 5.83. The molecule has 132 valence electrons. The molecule has 1 aromatic rings. The number of carbonyl (C=O) groups is 2. The first kappa shape index (κ1) is 18.7. The van der Waals surface area contributed by atoms with E-state index in [0.717, 1.165) is 32.2 Å². The van der Waals surface area contributed by atoms with Crippen LogP contribution in [0, 0.1) is 17.2 Å². The van der Waals surface area contributed by atoms with Crippen LogP contribution in [0.2, 0.25) is 0 Å². The Morgan fingerprint density at radius 3 is 2.92 bits per heavy atom. The largest absolute Gasteiger partial charge is 0.465 e. The summed E-state index contributed by atoms with van der Waals surface area (Å²) in [6.45, 7) is 1.46. The number of methoxy groups -OCH3 is 1. The molecule has 1 aliphatic carbocycles. The summed E-state index contributed by atoms with van der Waals surface area (Å²) in [6, 6.07) is 3.84. The highest BCUT2D eigenvalue weighted by Gasteiger charge is 2.49. The Labute approximate surface area is 146 Å². The fourth-order valence-corrected chi connectivity index (χ4v) is 3.80. The molecule has 24 heavy (non-hydrogen) atoms. The molecule has 7 heteroatoms. The molecule has 1 aromatic carbocycles. The van der Waals surface area contributed by atoms with Crippen molar-refractivity contribution in [1.29, 1.82) is 0 Å². The molecule has 2 atom stereocenters. The van der Waals surface area contributed by atoms with Gasteiger partial charge in [-0.2, -0.15) is 0 Å². The lowest BCUT2D eigenvalue weighted by Gasteiger charge is -2.37. The average Bonchev–Trinajstić information content (AvgIpc) is 3.01. The molecule has 1 saturated heterocycles. The normalized spacial score (nSPS) is 25.3. The molecule has 3 rings (SSSR count). The summed E-state index contributed by atoms with van der Waals surface area (Å²) in [5, 5.41) is 6.00. The molecule has 0 unspecified atom stereocenters. The summed E-state index contributed by atoms with van der Waals surface area (Å²) in [5.74, 6) is -0.978. The van der Waals surface area contributed by atoms with E-state index < -0.39 is 17.2 Å². The molecular formula is C17H22ClFN2O3. The van der Waals surface area contributed by atoms with E-state index in [9.17, 15) is 14.0 Å². The van der Waals surface area contributed by atoms with Crippen LogP contribution >= 0.6 is 12.4 Å². The van der Waals surface area contributed by atoms with Gasteiger partial charge in [0.1, 0.15) is 5.82 Å². The number of amides is 1. The highest BCUT2D eigenvalue weighted by atomic mass is 35.5. The number of anilines is 1. The van der Waals surface area contributed by atoms with Crippen molar-refractivity contribution in [1.82, 2.24) is 5.32 Å². The van der Waals surface area contributed by atoms with Crippen molar-refractivity contribution >= 4 is 30.0 Å². The smallest absolute Gasteiger partial charge is 0.337 e. The second-order valence-electron chi connectivity index (χ2n) is 6.37. The maximum Gasteiger partial charge on any atom is 0.337 e. The van der Waals surface area contributed by atoms with Gasteiger partial charge in [-0.25, -0.2) is 9.18 Å². The molecule has 5 nitrogen and oxygen atoms in total. The van der Waals surface area contributed by atoms with Crippen LogP contribution in [0.15, 0.2) is 18.2 Å². The van der Waals surface area contributed by atoms with E-state index >= 15 is 0 Å². The maximum absolute atomic E-state index is 14.0. The van der Waals surface area contributed by atoms with Crippen molar-refractivity contribution in [2.75, 3.05) is 25.5 Å². The molecule has 1 aliphatic heterocycles. The Bertz CT molecular complexity index is 640. The predicted octanol–water partition coefficient (Wildman–Crippen LogP) is 2.75. The van der Waals surface area contributed by atoms with Crippen LogP contribution in [-0.2, 0) is 9.53 Å². The fourth-order valence-electron chi connectivity index (χ4n) is 3.80. The molecule has 1 heterocycles. The molecule has 1 saturated carbocycles. The number of fused-ring (bicyclic) bond motifs is 1. The predicted molar refractivity (Wildman–Crippen MR) is 90.9 cm³/mol. The second kappa shape index (κ2) is 7.49. The highest BCUT2D eigenvalue weighted by molar-refractivity contribution is 5.98. The van der Waals surface area contributed by atoms with Crippen LogP contribution in [0.3, 0.4) is 0 Å². The number of rotatable bonds is 3. The van der Waals surface area contributed by atoms with Gasteiger partial charge < -0.3 is 15.4 Å². The van der Waals surface area contributed by atoms with Crippen molar-refractivity contribution in [2.24, 2.45) is 11.3 Å². The highest BCUT2D eigenvalue weighted by Crippen LogP contribution is 2.44. The van der Waals surface area contributed by atoms with Crippen LogP contribution in [-0.4, -0.2) is 32.1 Å². The second-order valence-corrected chi connectivity index (χ2v) is 6.37. The van der Waals surface area contributed by atoms with E-state index in [4.69, 9.17) is 0 Å². The number of carbonyl (C=O) groups excluding carboxylic acids is 2. The van der Waals surface area contributed by atoms with Crippen LogP contribution < -0.4 is 10.6 Å². The summed E-state index contributed by atoms with van der Waals surface area (Å²) in [7, 11) is 1.26. The summed E-state index contributed by atoms with van der Waals surface area (Å²) in [5.41, 5.74) is -0.221. The topological polar surface area (TPSA) is 67.4 Å². The van der Waals surface area contributed by atoms with Crippen molar-refractivity contribution in [3.8, 4) is 0 Å². The van der Waals surface area contributed by atoms with Gasteiger partial charge >= 0.3 is 5.97 Å². The standard InChI is InChI=1S/C17H21FN2O3.ClH/c1-23-15(21)11-5-6-13(18)14(8-11)20-16(22)17-7-3-2-4-12(17)9-19-10-17;/h5-6,8,12,19H,2-4,7,9-10H2,1H3,(H,20,22);1H/t12-,17+;/m0./s1. The third kappa shape index (κ3) is 3.26. The van der Waals surface area contributed by atoms with Gasteiger partial charge in [0, 0.05) is 6.54 Å². The Morgan fingerprint density at radius 2 is 2.17 bits per heavy atom. The zero-order chi connectivity index (χ0) is 16.4. The summed E-state index contributed by atoms with van der Waals surface area (Å²) in [6.07, 6.45) is 3.98. The van der Waals surface area contributed by atoms with Gasteiger partial charge in [-0.1, -0.05) is 12.8 Å². The van der Waals surface area contributed by atoms with E-state index in [1.54, 1.807) is 0 Å². The number of nitrogens with one attached hydrogen (secondary N) is 2. The van der Waals surface area contributed by atoms with Gasteiger partial charge in [-0.3, -0.25) is 4.79 Å². The summed E-state index contributed by atoms with van der Waals surface area (Å²) in [4.78, 5) is 24.4. The molecule has 0 bridgehead atoms. The zero-order valence-electron chi connectivity index (χ0n) is 13.6. The molecular weight excluding hydrogens is 335 g/mol. The molecule has 2 N–H and O–H groups in total. The van der Waals surface area contributed by atoms with Crippen LogP contribution in [0.25, 0.3) is 0 Å². The number of ether oxygens (including phenoxy) is 1. The first-order chi connectivity index (χ1) is 11.1. The van der Waals surface area contributed by atoms with Gasteiger partial charge in [0.15, 0.2) is 0 Å². The number of esters is 1. The minimum atomic E-state index is -0.559. The third-order valence-electron chi connectivity index (χ3n) is 5.13. The minimum absolute atomic E-state index is 0. The average molecular weight is 357 g/mol. The first-order valence-electron chi connectivity index (χ1n) is 7.97. The summed E-state index contributed by atoms with van der Waals surface area (Å²) < 4.78 is 18.7. The van der Waals surface area contributed by atoms with Gasteiger partial charge in [-0.15, -0.1) is 12.4 Å². The van der Waals surface area contributed by atoms with E-state index in [-0.39, 0.29) is 29.6 Å².